The van der Waals surface area contributed by atoms with Crippen LogP contribution in [0.1, 0.15) is 39.7 Å². The van der Waals surface area contributed by atoms with Gasteiger partial charge < -0.3 is 19.7 Å². The van der Waals surface area contributed by atoms with Crippen molar-refractivity contribution in [3.05, 3.63) is 53.1 Å². The number of ether oxygens (including phenoxy) is 1. The number of aliphatic carboxylic acids is 1. The van der Waals surface area contributed by atoms with Gasteiger partial charge in [-0.3, -0.25) is 4.79 Å². The van der Waals surface area contributed by atoms with E-state index in [9.17, 15) is 4.79 Å². The van der Waals surface area contributed by atoms with E-state index in [1.165, 1.54) is 0 Å². The number of hydrogen-bond donors (Lipinski definition) is 2. The lowest BCUT2D eigenvalue weighted by molar-refractivity contribution is -0.136. The number of rotatable bonds is 9. The predicted molar refractivity (Wildman–Crippen MR) is 126 cm³/mol. The summed E-state index contributed by atoms with van der Waals surface area (Å²) in [5.41, 5.74) is 2.17. The van der Waals surface area contributed by atoms with Gasteiger partial charge in [0.1, 0.15) is 5.75 Å². The second-order valence-electron chi connectivity index (χ2n) is 8.01. The van der Waals surface area contributed by atoms with Gasteiger partial charge in [0.2, 0.25) is 5.82 Å². The molecule has 9 heteroatoms. The van der Waals surface area contributed by atoms with E-state index in [1.54, 1.807) is 12.1 Å². The molecule has 0 amide bonds. The van der Waals surface area contributed by atoms with E-state index in [1.807, 2.05) is 58.0 Å². The van der Waals surface area contributed by atoms with Crippen LogP contribution in [0.15, 0.2) is 47.0 Å². The molecule has 0 aliphatic heterocycles. The van der Waals surface area contributed by atoms with E-state index in [-0.39, 0.29) is 30.5 Å². The molecule has 0 radical (unpaired) electrons. The Labute approximate surface area is 198 Å². The third-order valence-electron chi connectivity index (χ3n) is 4.74. The molecule has 7 nitrogen and oxygen atoms in total. The highest BCUT2D eigenvalue weighted by molar-refractivity contribution is 6.32. The Hall–Kier alpha value is -2.61. The summed E-state index contributed by atoms with van der Waals surface area (Å²) in [6.07, 6.45) is 0.0985. The van der Waals surface area contributed by atoms with Crippen molar-refractivity contribution in [3.63, 3.8) is 0 Å². The first-order chi connectivity index (χ1) is 14.7. The molecule has 0 bridgehead atoms. The smallest absolute Gasteiger partial charge is 0.304 e. The minimum atomic E-state index is -0.825. The predicted octanol–water partition coefficient (Wildman–Crippen LogP) is 5.57. The topological polar surface area (TPSA) is 97.5 Å². The maximum atomic E-state index is 10.7. The number of carboxylic acid groups (broad SMARTS) is 1. The van der Waals surface area contributed by atoms with E-state index >= 15 is 0 Å². The number of nitrogens with zero attached hydrogens (tertiary/aromatic N) is 2. The lowest BCUT2D eigenvalue weighted by Gasteiger charge is -2.27. The molecule has 1 aromatic heterocycles. The van der Waals surface area contributed by atoms with E-state index in [0.29, 0.717) is 29.0 Å². The van der Waals surface area contributed by atoms with Crippen LogP contribution in [-0.2, 0) is 10.3 Å². The average molecular weight is 480 g/mol. The van der Waals surface area contributed by atoms with Crippen LogP contribution < -0.4 is 10.1 Å². The molecule has 1 heterocycles. The van der Waals surface area contributed by atoms with E-state index in [2.05, 4.69) is 15.5 Å². The van der Waals surface area contributed by atoms with Gasteiger partial charge in [-0.2, -0.15) is 4.98 Å². The van der Waals surface area contributed by atoms with E-state index < -0.39 is 5.97 Å². The summed E-state index contributed by atoms with van der Waals surface area (Å²) in [5, 5.41) is 16.6. The molecule has 32 heavy (non-hydrogen) atoms. The molecule has 0 fully saturated rings. The summed E-state index contributed by atoms with van der Waals surface area (Å²) in [4.78, 5) is 15.2. The first kappa shape index (κ1) is 25.6. The van der Waals surface area contributed by atoms with Gasteiger partial charge in [-0.15, -0.1) is 12.4 Å². The summed E-state index contributed by atoms with van der Waals surface area (Å²) in [6.45, 7) is 8.28. The Morgan fingerprint density at radius 3 is 2.44 bits per heavy atom. The van der Waals surface area contributed by atoms with Crippen LogP contribution >= 0.6 is 24.0 Å². The molecular formula is C23H27Cl2N3O4. The Kier molecular flexibility index (Phi) is 8.66. The van der Waals surface area contributed by atoms with Crippen molar-refractivity contribution in [2.75, 3.05) is 6.54 Å². The SMILES string of the molecule is CC(C)Oc1ccc(-c2noc(-c3ccc(C(C)(C)NCCC(=O)O)cc3)n2)cc1Cl.Cl. The zero-order chi connectivity index (χ0) is 22.6. The summed E-state index contributed by atoms with van der Waals surface area (Å²) < 4.78 is 11.1. The maximum absolute atomic E-state index is 10.7. The first-order valence-electron chi connectivity index (χ1n) is 10.0. The molecule has 2 aromatic carbocycles. The van der Waals surface area contributed by atoms with Gasteiger partial charge >= 0.3 is 5.97 Å². The quantitative estimate of drug-likeness (QED) is 0.414. The molecule has 0 atom stereocenters. The standard InChI is InChI=1S/C23H26ClN3O4.ClH/c1-14(2)30-19-10-7-16(13-18(19)24)21-26-22(31-27-21)15-5-8-17(9-6-15)23(3,4)25-12-11-20(28)29;/h5-10,13-14,25H,11-12H2,1-4H3,(H,28,29);1H. The Morgan fingerprint density at radius 2 is 1.84 bits per heavy atom. The van der Waals surface area contributed by atoms with Gasteiger partial charge in [0.25, 0.3) is 5.89 Å². The van der Waals surface area contributed by atoms with Crippen LogP contribution in [-0.4, -0.2) is 33.9 Å². The molecular weight excluding hydrogens is 453 g/mol. The van der Waals surface area contributed by atoms with Gasteiger partial charge in [0, 0.05) is 23.2 Å². The lowest BCUT2D eigenvalue weighted by Crippen LogP contribution is -2.37. The van der Waals surface area contributed by atoms with Gasteiger partial charge in [-0.1, -0.05) is 28.9 Å². The fourth-order valence-corrected chi connectivity index (χ4v) is 3.29. The van der Waals surface area contributed by atoms with Crippen LogP contribution in [0.4, 0.5) is 0 Å². The molecule has 0 saturated carbocycles. The van der Waals surface area contributed by atoms with Gasteiger partial charge in [0.15, 0.2) is 0 Å². The van der Waals surface area contributed by atoms with Crippen LogP contribution in [0.5, 0.6) is 5.75 Å². The molecule has 3 rings (SSSR count). The number of halogens is 2. The lowest BCUT2D eigenvalue weighted by atomic mass is 9.93. The molecule has 2 N–H and O–H groups in total. The third kappa shape index (κ3) is 6.45. The first-order valence-corrected chi connectivity index (χ1v) is 10.4. The zero-order valence-corrected chi connectivity index (χ0v) is 20.0. The summed E-state index contributed by atoms with van der Waals surface area (Å²) in [6, 6.07) is 13.1. The van der Waals surface area contributed by atoms with Crippen LogP contribution in [0, 0.1) is 0 Å². The molecule has 0 spiro atoms. The van der Waals surface area contributed by atoms with Crippen molar-refractivity contribution in [1.29, 1.82) is 0 Å². The van der Waals surface area contributed by atoms with Crippen molar-refractivity contribution >= 4 is 30.0 Å². The van der Waals surface area contributed by atoms with Gasteiger partial charge in [0.05, 0.1) is 17.5 Å². The van der Waals surface area contributed by atoms with Crippen LogP contribution in [0.3, 0.4) is 0 Å². The van der Waals surface area contributed by atoms with Crippen molar-refractivity contribution in [2.45, 2.75) is 45.8 Å². The number of hydrogen-bond acceptors (Lipinski definition) is 6. The normalized spacial score (nSPS) is 11.3. The minimum Gasteiger partial charge on any atom is -0.489 e. The van der Waals surface area contributed by atoms with Crippen molar-refractivity contribution < 1.29 is 19.2 Å². The molecule has 3 aromatic rings. The fraction of sp³-hybridized carbons (Fsp3) is 0.348. The second-order valence-corrected chi connectivity index (χ2v) is 8.42. The maximum Gasteiger partial charge on any atom is 0.304 e. The average Bonchev–Trinajstić information content (AvgIpc) is 3.19. The highest BCUT2D eigenvalue weighted by Crippen LogP contribution is 2.31. The number of benzene rings is 2. The minimum absolute atomic E-state index is 0. The van der Waals surface area contributed by atoms with Crippen molar-refractivity contribution in [2.24, 2.45) is 0 Å². The molecule has 0 saturated heterocycles. The molecule has 0 aliphatic rings. The Morgan fingerprint density at radius 1 is 1.19 bits per heavy atom. The summed E-state index contributed by atoms with van der Waals surface area (Å²) in [5.74, 6) is 0.623. The van der Waals surface area contributed by atoms with Gasteiger partial charge in [-0.05, 0) is 63.6 Å². The largest absolute Gasteiger partial charge is 0.489 e. The molecule has 0 unspecified atom stereocenters. The Bertz CT molecular complexity index is 1050. The van der Waals surface area contributed by atoms with E-state index in [0.717, 1.165) is 16.7 Å². The van der Waals surface area contributed by atoms with Crippen molar-refractivity contribution in [3.8, 4) is 28.6 Å². The fourth-order valence-electron chi connectivity index (χ4n) is 3.06. The zero-order valence-electron chi connectivity index (χ0n) is 18.4. The second kappa shape index (κ2) is 10.8. The highest BCUT2D eigenvalue weighted by Gasteiger charge is 2.20. The summed E-state index contributed by atoms with van der Waals surface area (Å²) >= 11 is 6.31. The number of aromatic nitrogens is 2. The van der Waals surface area contributed by atoms with Gasteiger partial charge in [-0.25, -0.2) is 0 Å². The monoisotopic (exact) mass is 479 g/mol. The molecule has 172 valence electrons. The van der Waals surface area contributed by atoms with Crippen molar-refractivity contribution in [1.82, 2.24) is 15.5 Å². The summed E-state index contributed by atoms with van der Waals surface area (Å²) in [7, 11) is 0. The number of carbonyl (C=O) groups is 1. The highest BCUT2D eigenvalue weighted by atomic mass is 35.5. The number of carboxylic acids is 1. The van der Waals surface area contributed by atoms with Crippen LogP contribution in [0.2, 0.25) is 5.02 Å². The molecule has 0 aliphatic carbocycles. The Balaban J connectivity index is 0.00000363. The van der Waals surface area contributed by atoms with E-state index in [4.69, 9.17) is 26.0 Å². The third-order valence-corrected chi connectivity index (χ3v) is 5.03. The number of nitrogens with one attached hydrogen (secondary N) is 1. The van der Waals surface area contributed by atoms with Crippen LogP contribution in [0.25, 0.3) is 22.8 Å².